The van der Waals surface area contributed by atoms with E-state index >= 15 is 0 Å². The number of pyridine rings is 4. The second-order valence-corrected chi connectivity index (χ2v) is 35.5. The van der Waals surface area contributed by atoms with Crippen LogP contribution in [-0.2, 0) is 54.7 Å². The van der Waals surface area contributed by atoms with Crippen LogP contribution in [0.25, 0.3) is 66.4 Å². The third-order valence-electron chi connectivity index (χ3n) is 26.0. The average Bonchev–Trinajstić information content (AvgIpc) is 0.763. The third kappa shape index (κ3) is 22.0. The van der Waals surface area contributed by atoms with Crippen molar-refractivity contribution in [2.24, 2.45) is 28.2 Å². The highest BCUT2D eigenvalue weighted by Crippen LogP contribution is 2.41. The number of hydrogen-bond donors (Lipinski definition) is 4. The van der Waals surface area contributed by atoms with Crippen molar-refractivity contribution in [1.29, 1.82) is 0 Å². The molecule has 0 saturated heterocycles. The molecule has 139 heavy (non-hydrogen) atoms. The number of hydrogen-bond acceptors (Lipinski definition) is 20. The number of nitrogens with zero attached hydrogens (tertiary/aromatic N) is 16. The lowest BCUT2D eigenvalue weighted by Gasteiger charge is -2.39. The van der Waals surface area contributed by atoms with Gasteiger partial charge in [-0.05, 0) is 143 Å². The maximum Gasteiger partial charge on any atom is 0.419 e. The smallest absolute Gasteiger partial charge is 0.363 e. The number of aromatic nitrogens is 12. The quantitative estimate of drug-likeness (QED) is 0.0515. The van der Waals surface area contributed by atoms with E-state index in [0.29, 0.717) is 171 Å². The molecular formula is C100H104ClF11N20O7. The van der Waals surface area contributed by atoms with Gasteiger partial charge in [-0.2, -0.15) is 13.2 Å². The number of aryl methyl sites for hydroxylation is 5. The van der Waals surface area contributed by atoms with Crippen LogP contribution in [0.15, 0.2) is 166 Å². The Morgan fingerprint density at radius 2 is 0.791 bits per heavy atom. The van der Waals surface area contributed by atoms with Gasteiger partial charge in [-0.25, -0.2) is 75.0 Å². The zero-order valence-electron chi connectivity index (χ0n) is 78.6. The predicted octanol–water partition coefficient (Wildman–Crippen LogP) is 18.8. The molecule has 12 aromatic rings. The van der Waals surface area contributed by atoms with Crippen LogP contribution in [0.5, 0.6) is 0 Å². The van der Waals surface area contributed by atoms with E-state index in [2.05, 4.69) is 72.1 Å². The van der Waals surface area contributed by atoms with E-state index in [9.17, 15) is 81.9 Å². The number of anilines is 4. The Morgan fingerprint density at radius 3 is 1.17 bits per heavy atom. The third-order valence-corrected chi connectivity index (χ3v) is 26.4. The van der Waals surface area contributed by atoms with Crippen molar-refractivity contribution < 1.29 is 62.7 Å². The monoisotopic (exact) mass is 1940 g/mol. The predicted molar refractivity (Wildman–Crippen MR) is 514 cm³/mol. The molecule has 4 aliphatic heterocycles. The van der Waals surface area contributed by atoms with Gasteiger partial charge in [0, 0.05) is 165 Å². The molecule has 1 fully saturated rings. The molecule has 1 saturated carbocycles. The van der Waals surface area contributed by atoms with Crippen LogP contribution in [0.4, 0.5) is 71.6 Å². The van der Waals surface area contributed by atoms with Crippen molar-refractivity contribution in [3.8, 4) is 0 Å². The van der Waals surface area contributed by atoms with Gasteiger partial charge in [0.2, 0.25) is 17.7 Å². The first-order valence-corrected chi connectivity index (χ1v) is 45.6. The van der Waals surface area contributed by atoms with E-state index in [1.165, 1.54) is 121 Å². The van der Waals surface area contributed by atoms with Crippen molar-refractivity contribution in [2.75, 3.05) is 73.6 Å². The summed E-state index contributed by atoms with van der Waals surface area (Å²) in [7, 11) is 6.55. The zero-order chi connectivity index (χ0) is 100. The van der Waals surface area contributed by atoms with Gasteiger partial charge >= 0.3 is 6.18 Å². The summed E-state index contributed by atoms with van der Waals surface area (Å²) in [6, 6.07) is 23.3. The highest BCUT2D eigenvalue weighted by atomic mass is 35.5. The SMILES string of the molecule is CC(=O)N1CC=C(c2cc3c(N[C@H](C)c4cccc(C(C)(F)F)c4)ncnc3n(C)c2=O)CC1.CC(=O)N1CC=C(c2cc3c(N[C@H](C)c4cccc(C(F)(F)F)c4F)ncnc3n(C)c2=O)CC1.CC(=O)N1CC=C(c2cc3c(N[C@H](C)c4cccc(C(F)F)c4Cl)ncnc3n(C)c2=O)CC1.Cc1nc(N[C@H](C)c2cccc(C(F)F)c2F)c2cc(C3=CCN(C4CCC4)CC3)c(=O)n(C)c2n1. The second kappa shape index (κ2) is 42.2. The lowest BCUT2D eigenvalue weighted by Crippen LogP contribution is -2.42. The first kappa shape index (κ1) is 101. The van der Waals surface area contributed by atoms with Crippen molar-refractivity contribution in [1.82, 2.24) is 77.7 Å². The van der Waals surface area contributed by atoms with Gasteiger partial charge in [-0.15, -0.1) is 0 Å². The highest BCUT2D eigenvalue weighted by Gasteiger charge is 2.37. The molecule has 1 aliphatic carbocycles. The van der Waals surface area contributed by atoms with Crippen molar-refractivity contribution in [3.05, 3.63) is 277 Å². The van der Waals surface area contributed by atoms with E-state index in [1.807, 2.05) is 31.2 Å². The number of amides is 3. The summed E-state index contributed by atoms with van der Waals surface area (Å²) < 4.78 is 155. The van der Waals surface area contributed by atoms with Crippen LogP contribution in [0.1, 0.15) is 210 Å². The summed E-state index contributed by atoms with van der Waals surface area (Å²) in [6.07, 6.45) is 7.48. The Bertz CT molecular complexity index is 7170. The van der Waals surface area contributed by atoms with E-state index in [0.717, 1.165) is 60.9 Å². The van der Waals surface area contributed by atoms with Crippen molar-refractivity contribution >= 4 is 119 Å². The largest absolute Gasteiger partial charge is 0.419 e. The van der Waals surface area contributed by atoms with Gasteiger partial charge in [0.15, 0.2) is 0 Å². The highest BCUT2D eigenvalue weighted by molar-refractivity contribution is 6.32. The number of rotatable bonds is 20. The van der Waals surface area contributed by atoms with Gasteiger partial charge in [-0.1, -0.05) is 109 Å². The van der Waals surface area contributed by atoms with E-state index < -0.39 is 65.8 Å². The summed E-state index contributed by atoms with van der Waals surface area (Å²) in [4.78, 5) is 130. The lowest BCUT2D eigenvalue weighted by molar-refractivity contribution is -0.140. The fraction of sp³-hybridized carbons (Fsp3) is 0.370. The fourth-order valence-electron chi connectivity index (χ4n) is 17.7. The van der Waals surface area contributed by atoms with E-state index in [4.69, 9.17) is 11.6 Å². The molecule has 730 valence electrons. The Morgan fingerprint density at radius 1 is 0.432 bits per heavy atom. The fourth-order valence-corrected chi connectivity index (χ4v) is 18.1. The Balaban J connectivity index is 0.000000148. The van der Waals surface area contributed by atoms with E-state index in [1.54, 1.807) is 106 Å². The molecular weight excluding hydrogens is 1840 g/mol. The molecule has 12 heterocycles. The lowest BCUT2D eigenvalue weighted by atomic mass is 9.89. The van der Waals surface area contributed by atoms with Gasteiger partial charge in [0.1, 0.15) is 82.3 Å². The van der Waals surface area contributed by atoms with Crippen LogP contribution in [0.2, 0.25) is 5.02 Å². The van der Waals surface area contributed by atoms with Crippen LogP contribution in [0.3, 0.4) is 0 Å². The Kier molecular flexibility index (Phi) is 30.7. The Hall–Kier alpha value is -13.9. The molecule has 3 amide bonds. The van der Waals surface area contributed by atoms with E-state index in [-0.39, 0.29) is 79.1 Å². The first-order chi connectivity index (χ1) is 66.0. The van der Waals surface area contributed by atoms with Crippen LogP contribution in [0, 0.1) is 18.6 Å². The Labute approximate surface area is 796 Å². The molecule has 17 rings (SSSR count). The summed E-state index contributed by atoms with van der Waals surface area (Å²) in [5, 5.41) is 15.0. The normalized spacial score (nSPS) is 15.8. The summed E-state index contributed by atoms with van der Waals surface area (Å²) in [5.74, 6) is -3.21. The van der Waals surface area contributed by atoms with Crippen LogP contribution < -0.4 is 43.5 Å². The molecule has 4 N–H and O–H groups in total. The standard InChI is InChI=1S/C27H30F3N5O.C25H27F2N5O2.C24H24ClF2N5O2.C24H23F4N5O2/c1-15(19-8-5-9-20(23(19)28)24(29)30)31-25-22-14-21(27(36)34(3)26(22)33-16(2)32-25)17-10-12-35(13-11-17)18-6-4-7-18;1-15(18-6-5-7-19(12-18)25(3,26)27)30-22-21-13-20(17-8-10-32(11-9-17)16(2)33)24(34)31(4)23(21)29-14-28-22;1-13(16-5-4-6-17(20(16)25)21(26)27)30-22-19-11-18(15-7-9-32(10-8-15)14(2)33)24(34)31(3)23(19)29-12-28-22;1-13(16-5-4-6-19(20(16)25)24(26,27)28)31-21-18-11-17(15-7-9-33(10-8-15)14(2)34)23(35)32(3)22(18)30-12-29-21/h5,8-10,14-15,18,24H,4,6-7,11-13H2,1-3H3,(H,31,32,33);5-8,12-15H,9-11H2,1-4H3,(H,28,29,30);4-7,11-13,21H,8-10H2,1-3H3,(H,28,29,30);4-7,11-13H,8-10H2,1-3H3,(H,29,30,31)/t2*15-;2*13-/m1111/s1. The minimum atomic E-state index is -4.82. The molecule has 0 spiro atoms. The summed E-state index contributed by atoms with van der Waals surface area (Å²) >= 11 is 6.26. The number of carbonyl (C=O) groups is 3. The number of alkyl halides is 9. The number of benzene rings is 4. The number of fused-ring (bicyclic) bond motifs is 4. The minimum absolute atomic E-state index is 0.000456. The molecule has 5 aliphatic rings. The molecule has 0 radical (unpaired) electrons. The number of halogens is 12. The molecule has 0 unspecified atom stereocenters. The molecule has 8 aromatic heterocycles. The van der Waals surface area contributed by atoms with Gasteiger partial charge < -0.3 is 36.0 Å². The molecule has 0 bridgehead atoms. The molecule has 4 atom stereocenters. The van der Waals surface area contributed by atoms with Crippen molar-refractivity contribution in [3.63, 3.8) is 0 Å². The van der Waals surface area contributed by atoms with Gasteiger partial charge in [0.25, 0.3) is 41.0 Å². The van der Waals surface area contributed by atoms with Crippen molar-refractivity contribution in [2.45, 2.75) is 162 Å². The maximum atomic E-state index is 14.8. The average molecular weight is 1940 g/mol. The van der Waals surface area contributed by atoms with Crippen LogP contribution in [-0.4, -0.2) is 154 Å². The molecule has 27 nitrogen and oxygen atoms in total. The molecule has 39 heteroatoms. The van der Waals surface area contributed by atoms with Crippen LogP contribution >= 0.6 is 11.6 Å². The minimum Gasteiger partial charge on any atom is -0.363 e. The summed E-state index contributed by atoms with van der Waals surface area (Å²) in [5.41, 5.74) is 5.38. The van der Waals surface area contributed by atoms with Gasteiger partial charge in [0.05, 0.1) is 55.8 Å². The first-order valence-electron chi connectivity index (χ1n) is 45.2. The zero-order valence-corrected chi connectivity index (χ0v) is 79.3. The number of nitrogens with one attached hydrogen (secondary N) is 4. The topological polar surface area (TPSA) is 303 Å². The molecule has 4 aromatic carbocycles. The number of carbonyl (C=O) groups excluding carboxylic acids is 3. The second-order valence-electron chi connectivity index (χ2n) is 35.1. The van der Waals surface area contributed by atoms with Gasteiger partial charge in [-0.3, -0.25) is 56.7 Å². The maximum absolute atomic E-state index is 14.8. The summed E-state index contributed by atoms with van der Waals surface area (Å²) in [6.45, 7) is 18.6.